The fourth-order valence-corrected chi connectivity index (χ4v) is 4.73. The lowest BCUT2D eigenvalue weighted by Crippen LogP contribution is -2.46. The Morgan fingerprint density at radius 1 is 1.38 bits per heavy atom. The lowest BCUT2D eigenvalue weighted by molar-refractivity contribution is -0.142. The molecule has 1 aliphatic carbocycles. The van der Waals surface area contributed by atoms with E-state index in [4.69, 9.17) is 0 Å². The van der Waals surface area contributed by atoms with Crippen LogP contribution in [0, 0.1) is 16.7 Å². The molecule has 2 aliphatic rings. The molecule has 1 aromatic rings. The predicted octanol–water partition coefficient (Wildman–Crippen LogP) is 4.06. The molecule has 0 N–H and O–H groups in total. The smallest absolute Gasteiger partial charge is 0.243 e. The van der Waals surface area contributed by atoms with E-state index in [9.17, 15) is 10.1 Å². The molecule has 4 heteroatoms. The van der Waals surface area contributed by atoms with Crippen molar-refractivity contribution in [2.75, 3.05) is 6.54 Å². The van der Waals surface area contributed by atoms with Gasteiger partial charge in [0, 0.05) is 11.4 Å². The third-order valence-corrected chi connectivity index (χ3v) is 6.12. The summed E-state index contributed by atoms with van der Waals surface area (Å²) in [5.41, 5.74) is 0.513. The third kappa shape index (κ3) is 2.48. The largest absolute Gasteiger partial charge is 0.334 e. The molecule has 0 radical (unpaired) electrons. The van der Waals surface area contributed by atoms with Crippen LogP contribution in [0.15, 0.2) is 11.4 Å². The van der Waals surface area contributed by atoms with Gasteiger partial charge in [-0.05, 0) is 43.2 Å². The SMILES string of the molecule is CC1c2ccsc2CCN1C(=O)C1(C#N)CCCCCC1. The van der Waals surface area contributed by atoms with Crippen molar-refractivity contribution < 1.29 is 4.79 Å². The summed E-state index contributed by atoms with van der Waals surface area (Å²) >= 11 is 1.78. The fourth-order valence-electron chi connectivity index (χ4n) is 3.77. The highest BCUT2D eigenvalue weighted by Gasteiger charge is 2.44. The molecule has 0 saturated heterocycles. The first kappa shape index (κ1) is 14.6. The van der Waals surface area contributed by atoms with E-state index in [-0.39, 0.29) is 11.9 Å². The predicted molar refractivity (Wildman–Crippen MR) is 83.9 cm³/mol. The average molecular weight is 302 g/mol. The molecule has 3 nitrogen and oxygen atoms in total. The van der Waals surface area contributed by atoms with E-state index in [0.29, 0.717) is 0 Å². The second kappa shape index (κ2) is 5.81. The topological polar surface area (TPSA) is 44.1 Å². The Balaban J connectivity index is 1.86. The Hall–Kier alpha value is -1.34. The monoisotopic (exact) mass is 302 g/mol. The van der Waals surface area contributed by atoms with Gasteiger partial charge in [0.05, 0.1) is 12.1 Å². The number of thiophene rings is 1. The van der Waals surface area contributed by atoms with Crippen LogP contribution in [0.4, 0.5) is 0 Å². The van der Waals surface area contributed by atoms with Crippen molar-refractivity contribution in [2.45, 2.75) is 57.9 Å². The van der Waals surface area contributed by atoms with Gasteiger partial charge in [0.1, 0.15) is 5.41 Å². The number of amides is 1. The van der Waals surface area contributed by atoms with Crippen molar-refractivity contribution in [1.29, 1.82) is 5.26 Å². The van der Waals surface area contributed by atoms with Crippen LogP contribution in [-0.4, -0.2) is 17.4 Å². The van der Waals surface area contributed by atoms with Gasteiger partial charge in [0.25, 0.3) is 0 Å². The summed E-state index contributed by atoms with van der Waals surface area (Å²) in [7, 11) is 0. The van der Waals surface area contributed by atoms with Crippen LogP contribution < -0.4 is 0 Å². The zero-order valence-electron chi connectivity index (χ0n) is 12.6. The van der Waals surface area contributed by atoms with E-state index in [1.165, 1.54) is 10.4 Å². The molecular formula is C17H22N2OS. The molecule has 0 aromatic carbocycles. The fraction of sp³-hybridized carbons (Fsp3) is 0.647. The van der Waals surface area contributed by atoms with Crippen LogP contribution in [0.2, 0.25) is 0 Å². The Morgan fingerprint density at radius 3 is 2.76 bits per heavy atom. The maximum absolute atomic E-state index is 13.1. The summed E-state index contributed by atoms with van der Waals surface area (Å²) in [6.07, 6.45) is 6.73. The van der Waals surface area contributed by atoms with Gasteiger partial charge in [-0.2, -0.15) is 5.26 Å². The van der Waals surface area contributed by atoms with Gasteiger partial charge in [0.15, 0.2) is 0 Å². The number of nitrogens with zero attached hydrogens (tertiary/aromatic N) is 2. The van der Waals surface area contributed by atoms with Crippen molar-refractivity contribution >= 4 is 17.2 Å². The summed E-state index contributed by atoms with van der Waals surface area (Å²) < 4.78 is 0. The second-order valence-electron chi connectivity index (χ2n) is 6.33. The first-order valence-electron chi connectivity index (χ1n) is 7.96. The Labute approximate surface area is 130 Å². The van der Waals surface area contributed by atoms with E-state index < -0.39 is 5.41 Å². The summed E-state index contributed by atoms with van der Waals surface area (Å²) in [6.45, 7) is 2.86. The van der Waals surface area contributed by atoms with E-state index in [1.807, 2.05) is 4.90 Å². The van der Waals surface area contributed by atoms with Crippen LogP contribution in [0.5, 0.6) is 0 Å². The van der Waals surface area contributed by atoms with Gasteiger partial charge < -0.3 is 4.90 Å². The maximum atomic E-state index is 13.1. The summed E-state index contributed by atoms with van der Waals surface area (Å²) in [5.74, 6) is 0.0799. The number of carbonyl (C=O) groups is 1. The van der Waals surface area contributed by atoms with Gasteiger partial charge in [-0.15, -0.1) is 11.3 Å². The lowest BCUT2D eigenvalue weighted by atomic mass is 9.79. The van der Waals surface area contributed by atoms with E-state index in [0.717, 1.165) is 51.5 Å². The van der Waals surface area contributed by atoms with E-state index in [2.05, 4.69) is 24.4 Å². The van der Waals surface area contributed by atoms with Crippen LogP contribution in [0.3, 0.4) is 0 Å². The Bertz CT molecular complexity index is 564. The van der Waals surface area contributed by atoms with Crippen molar-refractivity contribution in [1.82, 2.24) is 4.90 Å². The molecule has 1 amide bonds. The molecule has 1 aromatic heterocycles. The van der Waals surface area contributed by atoms with Gasteiger partial charge in [-0.1, -0.05) is 25.7 Å². The molecule has 21 heavy (non-hydrogen) atoms. The molecule has 2 heterocycles. The van der Waals surface area contributed by atoms with Crippen LogP contribution in [-0.2, 0) is 11.2 Å². The third-order valence-electron chi connectivity index (χ3n) is 5.12. The molecule has 1 saturated carbocycles. The quantitative estimate of drug-likeness (QED) is 0.734. The highest BCUT2D eigenvalue weighted by atomic mass is 32.1. The number of rotatable bonds is 1. The van der Waals surface area contributed by atoms with Crippen LogP contribution in [0.25, 0.3) is 0 Å². The van der Waals surface area contributed by atoms with Gasteiger partial charge in [0.2, 0.25) is 5.91 Å². The number of carbonyl (C=O) groups excluding carboxylic acids is 1. The first-order chi connectivity index (χ1) is 10.2. The minimum Gasteiger partial charge on any atom is -0.334 e. The number of hydrogen-bond acceptors (Lipinski definition) is 3. The highest BCUT2D eigenvalue weighted by Crippen LogP contribution is 2.40. The Morgan fingerprint density at radius 2 is 2.10 bits per heavy atom. The van der Waals surface area contributed by atoms with Gasteiger partial charge in [-0.25, -0.2) is 0 Å². The van der Waals surface area contributed by atoms with Crippen LogP contribution >= 0.6 is 11.3 Å². The van der Waals surface area contributed by atoms with E-state index >= 15 is 0 Å². The molecule has 0 spiro atoms. The number of fused-ring (bicyclic) bond motifs is 1. The maximum Gasteiger partial charge on any atom is 0.243 e. The number of hydrogen-bond donors (Lipinski definition) is 0. The van der Waals surface area contributed by atoms with Crippen molar-refractivity contribution in [3.8, 4) is 6.07 Å². The van der Waals surface area contributed by atoms with Crippen molar-refractivity contribution in [3.63, 3.8) is 0 Å². The van der Waals surface area contributed by atoms with Crippen molar-refractivity contribution in [2.24, 2.45) is 5.41 Å². The molecule has 1 fully saturated rings. The zero-order valence-corrected chi connectivity index (χ0v) is 13.4. The average Bonchev–Trinajstić information content (AvgIpc) is 2.85. The summed E-state index contributed by atoms with van der Waals surface area (Å²) in [4.78, 5) is 16.5. The molecule has 1 atom stereocenters. The standard InChI is InChI=1S/C17H22N2OS/c1-13-14-7-11-21-15(14)6-10-19(13)16(20)17(12-18)8-4-2-3-5-9-17/h7,11,13H,2-6,8-10H2,1H3. The van der Waals surface area contributed by atoms with Crippen molar-refractivity contribution in [3.05, 3.63) is 21.9 Å². The summed E-state index contributed by atoms with van der Waals surface area (Å²) in [5, 5.41) is 11.8. The van der Waals surface area contributed by atoms with Crippen LogP contribution in [0.1, 0.15) is 61.9 Å². The van der Waals surface area contributed by atoms with E-state index in [1.54, 1.807) is 11.3 Å². The Kier molecular flexibility index (Phi) is 4.03. The first-order valence-corrected chi connectivity index (χ1v) is 8.84. The zero-order chi connectivity index (χ0) is 14.9. The minimum atomic E-state index is -0.766. The number of nitriles is 1. The normalized spacial score (nSPS) is 24.8. The molecule has 1 unspecified atom stereocenters. The highest BCUT2D eigenvalue weighted by molar-refractivity contribution is 7.10. The molecule has 1 aliphatic heterocycles. The molecular weight excluding hydrogens is 280 g/mol. The summed E-state index contributed by atoms with van der Waals surface area (Å²) in [6, 6.07) is 4.65. The van der Waals surface area contributed by atoms with Gasteiger partial charge >= 0.3 is 0 Å². The lowest BCUT2D eigenvalue weighted by Gasteiger charge is -2.38. The molecule has 3 rings (SSSR count). The molecule has 112 valence electrons. The second-order valence-corrected chi connectivity index (χ2v) is 7.33. The minimum absolute atomic E-state index is 0.0799. The van der Waals surface area contributed by atoms with Gasteiger partial charge in [-0.3, -0.25) is 4.79 Å². The molecule has 0 bridgehead atoms.